The average molecular weight is 310 g/mol. The number of nitrogens with one attached hydrogen (secondary N) is 1. The minimum Gasteiger partial charge on any atom is -0.480 e. The van der Waals surface area contributed by atoms with Crippen molar-refractivity contribution in [1.29, 1.82) is 5.26 Å². The van der Waals surface area contributed by atoms with E-state index in [9.17, 15) is 13.2 Å². The highest BCUT2D eigenvalue weighted by atomic mass is 32.2. The molecule has 0 aliphatic carbocycles. The molecule has 1 aromatic rings. The first-order valence-electron chi connectivity index (χ1n) is 6.45. The fraction of sp³-hybridized carbons (Fsp3) is 0.429. The van der Waals surface area contributed by atoms with Crippen LogP contribution >= 0.6 is 0 Å². The van der Waals surface area contributed by atoms with Crippen LogP contribution in [0.2, 0.25) is 0 Å². The molecule has 0 fully saturated rings. The fourth-order valence-electron chi connectivity index (χ4n) is 1.82. The number of carbonyl (C=O) groups is 1. The molecule has 0 unspecified atom stereocenters. The molecule has 0 saturated heterocycles. The molecular weight excluding hydrogens is 292 g/mol. The van der Waals surface area contributed by atoms with Gasteiger partial charge in [-0.25, -0.2) is 13.1 Å². The minimum atomic E-state index is -3.76. The topological polar surface area (TPSA) is 107 Å². The summed E-state index contributed by atoms with van der Waals surface area (Å²) in [6.45, 7) is 3.65. The van der Waals surface area contributed by atoms with Gasteiger partial charge in [0.15, 0.2) is 0 Å². The van der Waals surface area contributed by atoms with Gasteiger partial charge < -0.3 is 5.11 Å². The summed E-state index contributed by atoms with van der Waals surface area (Å²) in [5.74, 6) is -1.45. The molecule has 7 heteroatoms. The predicted octanol–water partition coefficient (Wildman–Crippen LogP) is 1.48. The zero-order chi connectivity index (χ0) is 16.0. The maximum Gasteiger partial charge on any atom is 0.321 e. The maximum absolute atomic E-state index is 12.0. The molecule has 0 radical (unpaired) electrons. The van der Waals surface area contributed by atoms with Gasteiger partial charge in [0.05, 0.1) is 17.4 Å². The molecule has 1 rings (SSSR count). The highest BCUT2D eigenvalue weighted by Gasteiger charge is 2.24. The fourth-order valence-corrected chi connectivity index (χ4v) is 3.17. The highest BCUT2D eigenvalue weighted by Crippen LogP contribution is 2.10. The molecule has 0 spiro atoms. The molecule has 0 heterocycles. The third-order valence-electron chi connectivity index (χ3n) is 2.77. The van der Waals surface area contributed by atoms with E-state index in [-0.39, 0.29) is 18.1 Å². The molecular formula is C14H18N2O4S. The number of nitriles is 1. The van der Waals surface area contributed by atoms with Gasteiger partial charge in [-0.1, -0.05) is 26.0 Å². The van der Waals surface area contributed by atoms with Crippen molar-refractivity contribution < 1.29 is 18.3 Å². The Morgan fingerprint density at radius 2 is 1.90 bits per heavy atom. The number of aliphatic carboxylic acids is 1. The molecule has 0 aliphatic heterocycles. The first-order valence-corrected chi connectivity index (χ1v) is 8.10. The predicted molar refractivity (Wildman–Crippen MR) is 77.8 cm³/mol. The van der Waals surface area contributed by atoms with Crippen LogP contribution in [0, 0.1) is 17.2 Å². The zero-order valence-corrected chi connectivity index (χ0v) is 12.7. The molecule has 0 saturated carbocycles. The number of hydrogen-bond acceptors (Lipinski definition) is 4. The molecule has 21 heavy (non-hydrogen) atoms. The van der Waals surface area contributed by atoms with Crippen molar-refractivity contribution in [3.05, 3.63) is 35.4 Å². The molecule has 0 aromatic heterocycles. The Morgan fingerprint density at radius 1 is 1.33 bits per heavy atom. The first kappa shape index (κ1) is 17.1. The Morgan fingerprint density at radius 3 is 2.33 bits per heavy atom. The van der Waals surface area contributed by atoms with Gasteiger partial charge in [-0.15, -0.1) is 0 Å². The SMILES string of the molecule is CC(C)C[C@H](NS(=O)(=O)Cc1ccc(C#N)cc1)C(=O)O. The lowest BCUT2D eigenvalue weighted by Gasteiger charge is -2.16. The Bertz CT molecular complexity index is 630. The van der Waals surface area contributed by atoms with Gasteiger partial charge in [0.1, 0.15) is 6.04 Å². The number of benzene rings is 1. The molecule has 1 aromatic carbocycles. The molecule has 114 valence electrons. The van der Waals surface area contributed by atoms with E-state index < -0.39 is 22.0 Å². The number of rotatable bonds is 7. The van der Waals surface area contributed by atoms with Crippen molar-refractivity contribution >= 4 is 16.0 Å². The van der Waals surface area contributed by atoms with Gasteiger partial charge in [-0.2, -0.15) is 5.26 Å². The largest absolute Gasteiger partial charge is 0.480 e. The molecule has 0 aliphatic rings. The first-order chi connectivity index (χ1) is 9.73. The van der Waals surface area contributed by atoms with E-state index in [1.807, 2.05) is 19.9 Å². The van der Waals surface area contributed by atoms with Crippen molar-refractivity contribution in [3.8, 4) is 6.07 Å². The summed E-state index contributed by atoms with van der Waals surface area (Å²) in [6.07, 6.45) is 0.224. The van der Waals surface area contributed by atoms with E-state index in [2.05, 4.69) is 4.72 Å². The number of carboxylic acids is 1. The second-order valence-electron chi connectivity index (χ2n) is 5.21. The normalized spacial score (nSPS) is 12.9. The monoisotopic (exact) mass is 310 g/mol. The van der Waals surface area contributed by atoms with Crippen LogP contribution in [0.25, 0.3) is 0 Å². The van der Waals surface area contributed by atoms with Crippen LogP contribution in [0.3, 0.4) is 0 Å². The van der Waals surface area contributed by atoms with E-state index in [0.717, 1.165) is 0 Å². The van der Waals surface area contributed by atoms with Crippen LogP contribution < -0.4 is 4.72 Å². The lowest BCUT2D eigenvalue weighted by atomic mass is 10.1. The van der Waals surface area contributed by atoms with Crippen LogP contribution in [0.15, 0.2) is 24.3 Å². The summed E-state index contributed by atoms with van der Waals surface area (Å²) in [4.78, 5) is 11.1. The van der Waals surface area contributed by atoms with Gasteiger partial charge in [0.25, 0.3) is 0 Å². The van der Waals surface area contributed by atoms with Crippen LogP contribution in [0.1, 0.15) is 31.4 Å². The zero-order valence-electron chi connectivity index (χ0n) is 11.9. The van der Waals surface area contributed by atoms with Crippen molar-refractivity contribution in [3.63, 3.8) is 0 Å². The van der Waals surface area contributed by atoms with Crippen LogP contribution in [-0.2, 0) is 20.6 Å². The molecule has 1 atom stereocenters. The molecule has 0 amide bonds. The lowest BCUT2D eigenvalue weighted by Crippen LogP contribution is -2.42. The van der Waals surface area contributed by atoms with Gasteiger partial charge in [-0.3, -0.25) is 4.79 Å². The quantitative estimate of drug-likeness (QED) is 0.793. The van der Waals surface area contributed by atoms with Crippen molar-refractivity contribution in [2.24, 2.45) is 5.92 Å². The summed E-state index contributed by atoms with van der Waals surface area (Å²) in [6, 6.07) is 6.93. The summed E-state index contributed by atoms with van der Waals surface area (Å²) in [7, 11) is -3.76. The van der Waals surface area contributed by atoms with Gasteiger partial charge in [0.2, 0.25) is 10.0 Å². The van der Waals surface area contributed by atoms with Gasteiger partial charge >= 0.3 is 5.97 Å². The maximum atomic E-state index is 12.0. The van der Waals surface area contributed by atoms with Crippen LogP contribution in [0.4, 0.5) is 0 Å². The highest BCUT2D eigenvalue weighted by molar-refractivity contribution is 7.88. The average Bonchev–Trinajstić information content (AvgIpc) is 2.37. The Kier molecular flexibility index (Phi) is 5.88. The third-order valence-corrected chi connectivity index (χ3v) is 4.12. The Balaban J connectivity index is 2.80. The summed E-state index contributed by atoms with van der Waals surface area (Å²) in [5, 5.41) is 17.7. The number of hydrogen-bond donors (Lipinski definition) is 2. The molecule has 2 N–H and O–H groups in total. The van der Waals surface area contributed by atoms with Gasteiger partial charge in [0, 0.05) is 0 Å². The van der Waals surface area contributed by atoms with E-state index in [0.29, 0.717) is 11.1 Å². The van der Waals surface area contributed by atoms with Crippen LogP contribution in [0.5, 0.6) is 0 Å². The second kappa shape index (κ2) is 7.20. The smallest absolute Gasteiger partial charge is 0.321 e. The third kappa shape index (κ3) is 5.94. The second-order valence-corrected chi connectivity index (χ2v) is 6.96. The van der Waals surface area contributed by atoms with Gasteiger partial charge in [-0.05, 0) is 30.0 Å². The summed E-state index contributed by atoms with van der Waals surface area (Å²) < 4.78 is 26.2. The lowest BCUT2D eigenvalue weighted by molar-refractivity contribution is -0.139. The summed E-state index contributed by atoms with van der Waals surface area (Å²) in [5.41, 5.74) is 0.933. The van der Waals surface area contributed by atoms with E-state index >= 15 is 0 Å². The van der Waals surface area contributed by atoms with Crippen LogP contribution in [-0.4, -0.2) is 25.5 Å². The van der Waals surface area contributed by atoms with Crippen molar-refractivity contribution in [2.75, 3.05) is 0 Å². The number of carboxylic acid groups (broad SMARTS) is 1. The minimum absolute atomic E-state index is 0.0590. The van der Waals surface area contributed by atoms with E-state index in [1.54, 1.807) is 0 Å². The summed E-state index contributed by atoms with van der Waals surface area (Å²) >= 11 is 0. The molecule has 6 nitrogen and oxygen atoms in total. The van der Waals surface area contributed by atoms with E-state index in [1.165, 1.54) is 24.3 Å². The number of sulfonamides is 1. The standard InChI is InChI=1S/C14H18N2O4S/c1-10(2)7-13(14(17)18)16-21(19,20)9-12-5-3-11(8-15)4-6-12/h3-6,10,13,16H,7,9H2,1-2H3,(H,17,18)/t13-/m0/s1. The Labute approximate surface area is 124 Å². The van der Waals surface area contributed by atoms with Crippen molar-refractivity contribution in [2.45, 2.75) is 32.1 Å². The number of nitrogens with zero attached hydrogens (tertiary/aromatic N) is 1. The Hall–Kier alpha value is -1.91. The van der Waals surface area contributed by atoms with E-state index in [4.69, 9.17) is 10.4 Å². The molecule has 0 bridgehead atoms. The van der Waals surface area contributed by atoms with Crippen molar-refractivity contribution in [1.82, 2.24) is 4.72 Å².